The van der Waals surface area contributed by atoms with E-state index < -0.39 is 0 Å². The molecule has 5 heteroatoms. The summed E-state index contributed by atoms with van der Waals surface area (Å²) in [6, 6.07) is 0.960. The number of aliphatic imine (C=N–C) groups is 2. The van der Waals surface area contributed by atoms with Crippen LogP contribution < -0.4 is 0 Å². The number of halogens is 2. The first-order chi connectivity index (χ1) is 14.6. The van der Waals surface area contributed by atoms with Crippen molar-refractivity contribution >= 4 is 39.3 Å². The zero-order chi connectivity index (χ0) is 23.6. The van der Waals surface area contributed by atoms with Gasteiger partial charge in [0.2, 0.25) is 0 Å². The summed E-state index contributed by atoms with van der Waals surface area (Å²) in [6.07, 6.45) is 12.3. The Morgan fingerprint density at radius 3 is 1.00 bits per heavy atom. The topological polar surface area (TPSA) is 24.7 Å². The summed E-state index contributed by atoms with van der Waals surface area (Å²) in [6.45, 7) is 19.1. The quantitative estimate of drug-likeness (QED) is 0.193. The van der Waals surface area contributed by atoms with Crippen LogP contribution in [0.1, 0.15) is 93.9 Å². The van der Waals surface area contributed by atoms with Gasteiger partial charge in [0, 0.05) is 12.4 Å². The van der Waals surface area contributed by atoms with Crippen molar-refractivity contribution in [1.29, 1.82) is 0 Å². The maximum absolute atomic E-state index is 5.14. The van der Waals surface area contributed by atoms with Crippen LogP contribution in [0.3, 0.4) is 0 Å². The van der Waals surface area contributed by atoms with E-state index >= 15 is 0 Å². The Bertz CT molecular complexity index is 456. The van der Waals surface area contributed by atoms with Gasteiger partial charge in [-0.2, -0.15) is 0 Å². The maximum atomic E-state index is 5.14. The van der Waals surface area contributed by atoms with Crippen LogP contribution in [0, 0.1) is 47.3 Å². The summed E-state index contributed by atoms with van der Waals surface area (Å²) >= 11 is 6.80. The van der Waals surface area contributed by atoms with E-state index in [2.05, 4.69) is 94.7 Å². The van der Waals surface area contributed by atoms with Gasteiger partial charge in [0.15, 0.2) is 0 Å². The Labute approximate surface area is 215 Å². The van der Waals surface area contributed by atoms with Crippen molar-refractivity contribution in [2.24, 2.45) is 57.3 Å². The third-order valence-electron chi connectivity index (χ3n) is 7.91. The van der Waals surface area contributed by atoms with Gasteiger partial charge in [-0.25, -0.2) is 0 Å². The molecule has 0 radical (unpaired) electrons. The van der Waals surface area contributed by atoms with Crippen LogP contribution in [0.15, 0.2) is 9.98 Å². The molecule has 0 heterocycles. The molecular weight excluding hydrogens is 607 g/mol. The summed E-state index contributed by atoms with van der Waals surface area (Å²) in [4.78, 5) is 10.3. The van der Waals surface area contributed by atoms with Gasteiger partial charge in [0.05, 0.1) is 12.1 Å². The Morgan fingerprint density at radius 1 is 0.581 bits per heavy atom. The molecule has 2 aliphatic rings. The molecule has 0 N–H and O–H groups in total. The molecule has 0 bridgehead atoms. The average Bonchev–Trinajstić information content (AvgIpc) is 2.71. The van der Waals surface area contributed by atoms with Crippen molar-refractivity contribution in [3.8, 4) is 0 Å². The molecule has 0 amide bonds. The fourth-order valence-electron chi connectivity index (χ4n) is 6.13. The van der Waals surface area contributed by atoms with Crippen molar-refractivity contribution in [2.75, 3.05) is 0 Å². The molecule has 2 saturated carbocycles. The van der Waals surface area contributed by atoms with Gasteiger partial charge in [-0.3, -0.25) is 9.98 Å². The Morgan fingerprint density at radius 2 is 0.806 bits per heavy atom. The second-order valence-electron chi connectivity index (χ2n) is 11.1. The third kappa shape index (κ3) is 9.62. The second-order valence-corrected chi connectivity index (χ2v) is 18.3. The van der Waals surface area contributed by atoms with E-state index in [0.29, 0.717) is 26.0 Å². The molecule has 2 fully saturated rings. The minimum atomic E-state index is 0.480. The van der Waals surface area contributed by atoms with Gasteiger partial charge >= 0.3 is 40.8 Å². The standard InChI is InChI=1S/C26H48N2.2BrH.Pd/c1-17(2)21-11-9-12-22(18(3)4)25(21)27-15-16-28-26-23(19(5)6)13-10-14-24(26)20(7)8;;;/h15-26H,9-14H2,1-8H3;2*1H;/q;;;+2/p-2. The molecule has 2 aliphatic carbocycles. The van der Waals surface area contributed by atoms with Crippen LogP contribution in [-0.2, 0) is 13.9 Å². The number of hydrogen-bond donors (Lipinski definition) is 0. The molecule has 186 valence electrons. The van der Waals surface area contributed by atoms with Crippen LogP contribution in [0.2, 0.25) is 0 Å². The van der Waals surface area contributed by atoms with Crippen molar-refractivity contribution in [3.63, 3.8) is 0 Å². The van der Waals surface area contributed by atoms with Gasteiger partial charge in [-0.15, -0.1) is 0 Å². The fourth-order valence-corrected chi connectivity index (χ4v) is 6.13. The number of hydrogen-bond acceptors (Lipinski definition) is 2. The predicted molar refractivity (Wildman–Crippen MR) is 143 cm³/mol. The fraction of sp³-hybridized carbons (Fsp3) is 0.923. The molecule has 2 nitrogen and oxygen atoms in total. The summed E-state index contributed by atoms with van der Waals surface area (Å²) in [5.74, 6) is 5.78. The normalized spacial score (nSPS) is 32.6. The van der Waals surface area contributed by atoms with E-state index in [0.717, 1.165) is 47.3 Å². The SMILES string of the molecule is CC(C)C1CCCC(C(C)C)C1N=CC=NC1C(C(C)C)CCCC1C(C)C.[Br][Pd][Br]. The molecule has 0 spiro atoms. The van der Waals surface area contributed by atoms with E-state index in [1.54, 1.807) is 0 Å². The molecule has 0 aliphatic heterocycles. The van der Waals surface area contributed by atoms with Crippen molar-refractivity contribution < 1.29 is 13.9 Å². The van der Waals surface area contributed by atoms with Crippen LogP contribution in [0.25, 0.3) is 0 Å². The van der Waals surface area contributed by atoms with Gasteiger partial charge in [-0.1, -0.05) is 68.2 Å². The molecule has 0 aromatic heterocycles. The molecule has 31 heavy (non-hydrogen) atoms. The van der Waals surface area contributed by atoms with Crippen molar-refractivity contribution in [3.05, 3.63) is 0 Å². The zero-order valence-corrected chi connectivity index (χ0v) is 25.9. The van der Waals surface area contributed by atoms with Gasteiger partial charge < -0.3 is 0 Å². The first-order valence-electron chi connectivity index (χ1n) is 12.5. The minimum absolute atomic E-state index is 0.480. The second kappa shape index (κ2) is 15.8. The molecule has 0 aromatic carbocycles. The van der Waals surface area contributed by atoms with Crippen molar-refractivity contribution in [2.45, 2.75) is 106 Å². The van der Waals surface area contributed by atoms with Gasteiger partial charge in [0.1, 0.15) is 0 Å². The van der Waals surface area contributed by atoms with Gasteiger partial charge in [-0.05, 0) is 73.0 Å². The molecular formula is C26H48Br2N2Pd. The van der Waals surface area contributed by atoms with E-state index in [1.807, 2.05) is 0 Å². The summed E-state index contributed by atoms with van der Waals surface area (Å²) in [7, 11) is 0. The molecule has 0 saturated heterocycles. The average molecular weight is 655 g/mol. The third-order valence-corrected chi connectivity index (χ3v) is 7.91. The summed E-state index contributed by atoms with van der Waals surface area (Å²) < 4.78 is 0. The van der Waals surface area contributed by atoms with Crippen LogP contribution >= 0.6 is 26.9 Å². The van der Waals surface area contributed by atoms with E-state index in [9.17, 15) is 0 Å². The number of rotatable bonds is 7. The Kier molecular flexibility index (Phi) is 15.3. The predicted octanol–water partition coefficient (Wildman–Crippen LogP) is 9.01. The molecule has 0 aromatic rings. The summed E-state index contributed by atoms with van der Waals surface area (Å²) in [5.41, 5.74) is 0. The van der Waals surface area contributed by atoms with Crippen molar-refractivity contribution in [1.82, 2.24) is 0 Å². The van der Waals surface area contributed by atoms with Crippen LogP contribution in [0.5, 0.6) is 0 Å². The zero-order valence-electron chi connectivity index (χ0n) is 21.1. The molecule has 2 rings (SSSR count). The monoisotopic (exact) mass is 652 g/mol. The van der Waals surface area contributed by atoms with E-state index in [4.69, 9.17) is 9.98 Å². The van der Waals surface area contributed by atoms with E-state index in [-0.39, 0.29) is 0 Å². The Balaban J connectivity index is 0.00000151. The van der Waals surface area contributed by atoms with E-state index in [1.165, 1.54) is 38.5 Å². The Hall–Kier alpha value is 0.962. The number of nitrogens with zero attached hydrogens (tertiary/aromatic N) is 2. The van der Waals surface area contributed by atoms with Crippen LogP contribution in [0.4, 0.5) is 0 Å². The molecule has 4 unspecified atom stereocenters. The van der Waals surface area contributed by atoms with Crippen LogP contribution in [-0.4, -0.2) is 24.5 Å². The molecule has 4 atom stereocenters. The first-order valence-corrected chi connectivity index (χ1v) is 19.6. The first kappa shape index (κ1) is 30.0. The summed E-state index contributed by atoms with van der Waals surface area (Å²) in [5, 5.41) is 0. The van der Waals surface area contributed by atoms with Gasteiger partial charge in [0.25, 0.3) is 0 Å².